The molecule has 1 aromatic rings. The minimum Gasteiger partial charge on any atom is -0.385 e. The summed E-state index contributed by atoms with van der Waals surface area (Å²) in [6, 6.07) is 1.94. The maximum atomic E-state index is 10.1. The molecule has 0 amide bonds. The first-order chi connectivity index (χ1) is 6.57. The van der Waals surface area contributed by atoms with Crippen LogP contribution in [0, 0.1) is 5.92 Å². The lowest BCUT2D eigenvalue weighted by molar-refractivity contribution is -0.0377. The number of hydrogen-bond donors (Lipinski definition) is 1. The number of rotatable bonds is 4. The molecule has 0 saturated heterocycles. The van der Waals surface area contributed by atoms with Crippen LogP contribution in [0.3, 0.4) is 0 Å². The summed E-state index contributed by atoms with van der Waals surface area (Å²) in [5.41, 5.74) is 0. The molecule has 0 radical (unpaired) electrons. The molecular formula is C10H15BrO2S. The van der Waals surface area contributed by atoms with Crippen molar-refractivity contribution in [2.45, 2.75) is 26.1 Å². The van der Waals surface area contributed by atoms with Gasteiger partial charge in [0.15, 0.2) is 0 Å². The zero-order chi connectivity index (χ0) is 10.7. The Kier molecular flexibility index (Phi) is 4.57. The maximum absolute atomic E-state index is 10.1. The van der Waals surface area contributed by atoms with Crippen LogP contribution in [0.15, 0.2) is 15.9 Å². The van der Waals surface area contributed by atoms with E-state index in [1.165, 1.54) is 0 Å². The average molecular weight is 279 g/mol. The van der Waals surface area contributed by atoms with Gasteiger partial charge in [0.2, 0.25) is 0 Å². The highest BCUT2D eigenvalue weighted by molar-refractivity contribution is 9.10. The second-order valence-electron chi connectivity index (χ2n) is 3.52. The molecule has 2 nitrogen and oxygen atoms in total. The maximum Gasteiger partial charge on any atom is 0.116 e. The van der Waals surface area contributed by atoms with Gasteiger partial charge in [0.25, 0.3) is 0 Å². The third-order valence-electron chi connectivity index (χ3n) is 2.15. The summed E-state index contributed by atoms with van der Waals surface area (Å²) >= 11 is 4.95. The minimum absolute atomic E-state index is 0.148. The summed E-state index contributed by atoms with van der Waals surface area (Å²) in [5.74, 6) is 0.295. The van der Waals surface area contributed by atoms with Gasteiger partial charge in [-0.15, -0.1) is 11.3 Å². The first-order valence-electron chi connectivity index (χ1n) is 4.51. The number of methoxy groups -OCH3 is 1. The normalized spacial score (nSPS) is 15.9. The first kappa shape index (κ1) is 12.2. The Hall–Kier alpha value is 0.100. The van der Waals surface area contributed by atoms with E-state index in [4.69, 9.17) is 4.74 Å². The zero-order valence-electron chi connectivity index (χ0n) is 8.53. The predicted molar refractivity (Wildman–Crippen MR) is 62.6 cm³/mol. The summed E-state index contributed by atoms with van der Waals surface area (Å²) in [7, 11) is 1.63. The number of hydrogen-bond acceptors (Lipinski definition) is 3. The highest BCUT2D eigenvalue weighted by Crippen LogP contribution is 2.33. The van der Waals surface area contributed by atoms with Gasteiger partial charge in [0.1, 0.15) is 6.10 Å². The molecule has 0 aliphatic heterocycles. The summed E-state index contributed by atoms with van der Waals surface area (Å²) in [6.45, 7) is 4.08. The van der Waals surface area contributed by atoms with E-state index < -0.39 is 6.10 Å². The predicted octanol–water partition coefficient (Wildman–Crippen LogP) is 3.22. The van der Waals surface area contributed by atoms with E-state index in [1.807, 2.05) is 25.3 Å². The fraction of sp³-hybridized carbons (Fsp3) is 0.600. The topological polar surface area (TPSA) is 29.5 Å². The fourth-order valence-electron chi connectivity index (χ4n) is 1.43. The molecule has 1 N–H and O–H groups in total. The number of thiophene rings is 1. The van der Waals surface area contributed by atoms with Crippen molar-refractivity contribution in [3.63, 3.8) is 0 Å². The van der Waals surface area contributed by atoms with Crippen molar-refractivity contribution >= 4 is 27.3 Å². The van der Waals surface area contributed by atoms with Gasteiger partial charge in [-0.2, -0.15) is 0 Å². The van der Waals surface area contributed by atoms with Crippen LogP contribution in [0.25, 0.3) is 0 Å². The van der Waals surface area contributed by atoms with Crippen molar-refractivity contribution < 1.29 is 9.84 Å². The zero-order valence-corrected chi connectivity index (χ0v) is 10.9. The van der Waals surface area contributed by atoms with Gasteiger partial charge in [0.05, 0.1) is 6.10 Å². The van der Waals surface area contributed by atoms with E-state index >= 15 is 0 Å². The van der Waals surface area contributed by atoms with Crippen molar-refractivity contribution in [1.82, 2.24) is 0 Å². The molecular weight excluding hydrogens is 264 g/mol. The molecule has 2 unspecified atom stereocenters. The summed E-state index contributed by atoms with van der Waals surface area (Å²) < 4.78 is 6.24. The van der Waals surface area contributed by atoms with E-state index in [9.17, 15) is 5.11 Å². The van der Waals surface area contributed by atoms with Crippen molar-refractivity contribution in [3.05, 3.63) is 20.8 Å². The molecule has 4 heteroatoms. The van der Waals surface area contributed by atoms with Crippen molar-refractivity contribution in [1.29, 1.82) is 0 Å². The van der Waals surface area contributed by atoms with Gasteiger partial charge in [-0.25, -0.2) is 0 Å². The van der Waals surface area contributed by atoms with Crippen LogP contribution < -0.4 is 0 Å². The highest BCUT2D eigenvalue weighted by Gasteiger charge is 2.26. The monoisotopic (exact) mass is 278 g/mol. The molecule has 0 aromatic carbocycles. The van der Waals surface area contributed by atoms with Crippen LogP contribution >= 0.6 is 27.3 Å². The van der Waals surface area contributed by atoms with Crippen molar-refractivity contribution in [2.24, 2.45) is 5.92 Å². The fourth-order valence-corrected chi connectivity index (χ4v) is 3.06. The molecule has 1 heterocycles. The molecule has 0 fully saturated rings. The molecule has 0 aliphatic rings. The minimum atomic E-state index is -0.547. The highest BCUT2D eigenvalue weighted by atomic mass is 79.9. The van der Waals surface area contributed by atoms with E-state index in [1.54, 1.807) is 18.4 Å². The van der Waals surface area contributed by atoms with Gasteiger partial charge < -0.3 is 9.84 Å². The lowest BCUT2D eigenvalue weighted by atomic mass is 10.0. The Morgan fingerprint density at radius 1 is 1.50 bits per heavy atom. The molecule has 2 atom stereocenters. The van der Waals surface area contributed by atoms with E-state index in [0.717, 1.165) is 9.35 Å². The molecule has 0 spiro atoms. The van der Waals surface area contributed by atoms with Gasteiger partial charge in [0, 0.05) is 16.5 Å². The van der Waals surface area contributed by atoms with Crippen LogP contribution in [0.5, 0.6) is 0 Å². The Balaban J connectivity index is 2.83. The van der Waals surface area contributed by atoms with E-state index in [0.29, 0.717) is 5.92 Å². The van der Waals surface area contributed by atoms with Gasteiger partial charge in [-0.1, -0.05) is 13.8 Å². The van der Waals surface area contributed by atoms with Crippen molar-refractivity contribution in [2.75, 3.05) is 7.11 Å². The Morgan fingerprint density at radius 3 is 2.50 bits per heavy atom. The molecule has 0 saturated carbocycles. The number of halogens is 1. The lowest BCUT2D eigenvalue weighted by Gasteiger charge is -2.24. The molecule has 0 bridgehead atoms. The average Bonchev–Trinajstić information content (AvgIpc) is 2.51. The summed E-state index contributed by atoms with van der Waals surface area (Å²) in [5, 5.41) is 12.0. The third-order valence-corrected chi connectivity index (χ3v) is 4.10. The van der Waals surface area contributed by atoms with Crippen molar-refractivity contribution in [3.8, 4) is 0 Å². The lowest BCUT2D eigenvalue weighted by Crippen LogP contribution is -2.26. The van der Waals surface area contributed by atoms with Gasteiger partial charge in [-0.3, -0.25) is 0 Å². The second kappa shape index (κ2) is 5.26. The van der Waals surface area contributed by atoms with Crippen LogP contribution in [0.4, 0.5) is 0 Å². The Bertz CT molecular complexity index is 285. The molecule has 14 heavy (non-hydrogen) atoms. The Labute approximate surface area is 97.0 Å². The van der Waals surface area contributed by atoms with E-state index in [2.05, 4.69) is 15.9 Å². The molecule has 80 valence electrons. The van der Waals surface area contributed by atoms with Crippen LogP contribution in [-0.4, -0.2) is 18.3 Å². The number of aliphatic hydroxyl groups excluding tert-OH is 1. The van der Waals surface area contributed by atoms with Gasteiger partial charge in [-0.05, 0) is 33.3 Å². The Morgan fingerprint density at radius 2 is 2.14 bits per heavy atom. The summed E-state index contributed by atoms with van der Waals surface area (Å²) in [6.07, 6.45) is -0.695. The third kappa shape index (κ3) is 2.57. The molecule has 1 aromatic heterocycles. The molecule has 1 rings (SSSR count). The quantitative estimate of drug-likeness (QED) is 0.917. The molecule has 0 aliphatic carbocycles. The van der Waals surface area contributed by atoms with E-state index in [-0.39, 0.29) is 6.10 Å². The summed E-state index contributed by atoms with van der Waals surface area (Å²) in [4.78, 5) is 0.936. The number of ether oxygens (including phenoxy) is 1. The van der Waals surface area contributed by atoms with Crippen LogP contribution in [-0.2, 0) is 4.74 Å². The largest absolute Gasteiger partial charge is 0.385 e. The smallest absolute Gasteiger partial charge is 0.116 e. The SMILES string of the molecule is COC(C(C)C)C(O)c1sccc1Br. The second-order valence-corrected chi connectivity index (χ2v) is 5.32. The van der Waals surface area contributed by atoms with Crippen LogP contribution in [0.1, 0.15) is 24.8 Å². The standard InChI is InChI=1S/C10H15BrO2S/c1-6(2)9(13-3)8(12)10-7(11)4-5-14-10/h4-6,8-9,12H,1-3H3. The van der Waals surface area contributed by atoms with Crippen LogP contribution in [0.2, 0.25) is 0 Å². The number of aliphatic hydroxyl groups is 1. The van der Waals surface area contributed by atoms with Gasteiger partial charge >= 0.3 is 0 Å². The first-order valence-corrected chi connectivity index (χ1v) is 6.19.